The van der Waals surface area contributed by atoms with Crippen LogP contribution in [0.15, 0.2) is 176 Å². The molecular weight excluding hydrogens is 673 g/mol. The highest BCUT2D eigenvalue weighted by Gasteiger charge is 2.36. The second-order valence-electron chi connectivity index (χ2n) is 15.0. The van der Waals surface area contributed by atoms with E-state index in [1.54, 1.807) is 0 Å². The molecule has 2 nitrogen and oxygen atoms in total. The Labute approximate surface area is 318 Å². The number of anilines is 3. The molecule has 1 aliphatic carbocycles. The molecule has 3 heteroatoms. The van der Waals surface area contributed by atoms with Gasteiger partial charge in [0.05, 0.1) is 15.9 Å². The minimum absolute atomic E-state index is 0.104. The van der Waals surface area contributed by atoms with E-state index in [2.05, 4.69) is 200 Å². The Bertz CT molecular complexity index is 3070. The first-order valence-corrected chi connectivity index (χ1v) is 19.5. The molecule has 0 fully saturated rings. The summed E-state index contributed by atoms with van der Waals surface area (Å²) in [7, 11) is 0. The average Bonchev–Trinajstić information content (AvgIpc) is 3.87. The molecule has 0 radical (unpaired) electrons. The van der Waals surface area contributed by atoms with E-state index in [9.17, 15) is 0 Å². The third-order valence-electron chi connectivity index (χ3n) is 11.6. The second kappa shape index (κ2) is 11.8. The van der Waals surface area contributed by atoms with Crippen LogP contribution in [0.5, 0.6) is 0 Å². The quantitative estimate of drug-likeness (QED) is 0.189. The van der Waals surface area contributed by atoms with Crippen LogP contribution < -0.4 is 4.90 Å². The lowest BCUT2D eigenvalue weighted by molar-refractivity contribution is 0.660. The van der Waals surface area contributed by atoms with Crippen molar-refractivity contribution in [2.45, 2.75) is 19.3 Å². The van der Waals surface area contributed by atoms with Gasteiger partial charge < -0.3 is 9.88 Å². The molecule has 2 aromatic heterocycles. The highest BCUT2D eigenvalue weighted by Crippen LogP contribution is 2.52. The van der Waals surface area contributed by atoms with Crippen molar-refractivity contribution >= 4 is 70.4 Å². The van der Waals surface area contributed by atoms with Crippen LogP contribution in [0.2, 0.25) is 0 Å². The summed E-state index contributed by atoms with van der Waals surface area (Å²) < 4.78 is 2.58. The van der Waals surface area contributed by atoms with Gasteiger partial charge in [-0.05, 0) is 69.8 Å². The molecule has 10 aromatic rings. The zero-order valence-corrected chi connectivity index (χ0v) is 30.9. The van der Waals surface area contributed by atoms with Crippen LogP contribution in [0, 0.1) is 0 Å². The summed E-state index contributed by atoms with van der Waals surface area (Å²) in [6.45, 7) is 4.73. The van der Waals surface area contributed by atoms with Crippen molar-refractivity contribution in [3.8, 4) is 33.4 Å². The van der Waals surface area contributed by atoms with E-state index in [-0.39, 0.29) is 5.41 Å². The Kier molecular flexibility index (Phi) is 6.80. The lowest BCUT2D eigenvalue weighted by atomic mass is 9.82. The molecule has 0 saturated heterocycles. The predicted molar refractivity (Wildman–Crippen MR) is 232 cm³/mol. The number of benzene rings is 8. The maximum Gasteiger partial charge on any atom is 0.0640 e. The monoisotopic (exact) mass is 708 g/mol. The maximum absolute atomic E-state index is 3.76. The fraction of sp³-hybridized carbons (Fsp3) is 0.0588. The topological polar surface area (TPSA) is 19.0 Å². The van der Waals surface area contributed by atoms with E-state index in [4.69, 9.17) is 0 Å². The molecule has 8 aromatic carbocycles. The number of thiophene rings is 1. The number of para-hydroxylation sites is 2. The number of aromatic nitrogens is 1. The lowest BCUT2D eigenvalue weighted by Gasteiger charge is -2.28. The summed E-state index contributed by atoms with van der Waals surface area (Å²) >= 11 is 1.90. The van der Waals surface area contributed by atoms with Gasteiger partial charge in [-0.15, -0.1) is 11.3 Å². The van der Waals surface area contributed by atoms with Gasteiger partial charge in [-0.3, -0.25) is 0 Å². The van der Waals surface area contributed by atoms with Gasteiger partial charge in [-0.1, -0.05) is 153 Å². The summed E-state index contributed by atoms with van der Waals surface area (Å²) in [5.74, 6) is 0. The van der Waals surface area contributed by atoms with Crippen LogP contribution in [-0.2, 0) is 5.41 Å². The molecule has 0 spiro atoms. The van der Waals surface area contributed by atoms with Gasteiger partial charge in [0, 0.05) is 59.7 Å². The van der Waals surface area contributed by atoms with Gasteiger partial charge in [0.25, 0.3) is 0 Å². The molecule has 256 valence electrons. The summed E-state index contributed by atoms with van der Waals surface area (Å²) in [6.07, 6.45) is 0. The second-order valence-corrected chi connectivity index (χ2v) is 16.0. The first kappa shape index (κ1) is 31.1. The van der Waals surface area contributed by atoms with E-state index in [1.165, 1.54) is 92.2 Å². The van der Waals surface area contributed by atoms with Crippen molar-refractivity contribution in [1.29, 1.82) is 0 Å². The van der Waals surface area contributed by atoms with E-state index < -0.39 is 0 Å². The molecule has 2 heterocycles. The molecule has 54 heavy (non-hydrogen) atoms. The van der Waals surface area contributed by atoms with E-state index >= 15 is 0 Å². The van der Waals surface area contributed by atoms with Gasteiger partial charge in [0.1, 0.15) is 0 Å². The van der Waals surface area contributed by atoms with Crippen molar-refractivity contribution in [3.63, 3.8) is 0 Å². The third kappa shape index (κ3) is 4.58. The zero-order valence-electron chi connectivity index (χ0n) is 30.1. The van der Waals surface area contributed by atoms with Crippen molar-refractivity contribution in [2.75, 3.05) is 4.90 Å². The summed E-state index contributed by atoms with van der Waals surface area (Å²) in [5, 5.41) is 5.08. The highest BCUT2D eigenvalue weighted by molar-refractivity contribution is 7.27. The molecular formula is C51H36N2S. The Balaban J connectivity index is 1.13. The molecule has 1 N–H and O–H groups in total. The number of hydrogen-bond donors (Lipinski definition) is 1. The van der Waals surface area contributed by atoms with Crippen molar-refractivity contribution in [1.82, 2.24) is 4.98 Å². The predicted octanol–water partition coefficient (Wildman–Crippen LogP) is 14.8. The normalized spacial score (nSPS) is 13.1. The minimum atomic E-state index is -0.104. The zero-order chi connectivity index (χ0) is 36.0. The Hall–Kier alpha value is -6.42. The van der Waals surface area contributed by atoms with E-state index in [1.807, 2.05) is 11.3 Å². The maximum atomic E-state index is 3.76. The van der Waals surface area contributed by atoms with E-state index in [0.29, 0.717) is 0 Å². The van der Waals surface area contributed by atoms with Gasteiger partial charge >= 0.3 is 0 Å². The highest BCUT2D eigenvalue weighted by atomic mass is 32.1. The van der Waals surface area contributed by atoms with E-state index in [0.717, 1.165) is 11.4 Å². The van der Waals surface area contributed by atoms with Crippen LogP contribution in [0.3, 0.4) is 0 Å². The Morgan fingerprint density at radius 1 is 0.444 bits per heavy atom. The molecule has 0 saturated carbocycles. The molecule has 0 atom stereocenters. The summed E-state index contributed by atoms with van der Waals surface area (Å²) in [6, 6.07) is 64.7. The number of fused-ring (bicyclic) bond motifs is 9. The molecule has 11 rings (SSSR count). The molecule has 0 bridgehead atoms. The van der Waals surface area contributed by atoms with Gasteiger partial charge in [-0.25, -0.2) is 0 Å². The fourth-order valence-corrected chi connectivity index (χ4v) is 10.3. The SMILES string of the molecule is CC1(C)c2ccccc2-c2ccc(N(c3ccc(-c4ccccc4)cc3)c3cccc4c3sc3c(-c5cccc6c5[nH]c5ccccc56)cccc34)cc21. The number of rotatable bonds is 5. The summed E-state index contributed by atoms with van der Waals surface area (Å²) in [5.41, 5.74) is 16.1. The molecule has 0 amide bonds. The smallest absolute Gasteiger partial charge is 0.0640 e. The lowest BCUT2D eigenvalue weighted by Crippen LogP contribution is -2.16. The number of H-pyrrole nitrogens is 1. The Morgan fingerprint density at radius 3 is 1.91 bits per heavy atom. The third-order valence-corrected chi connectivity index (χ3v) is 12.9. The number of aromatic amines is 1. The van der Waals surface area contributed by atoms with Gasteiger partial charge in [-0.2, -0.15) is 0 Å². The summed E-state index contributed by atoms with van der Waals surface area (Å²) in [4.78, 5) is 6.24. The van der Waals surface area contributed by atoms with Crippen LogP contribution in [-0.4, -0.2) is 4.98 Å². The van der Waals surface area contributed by atoms with Crippen LogP contribution >= 0.6 is 11.3 Å². The molecule has 0 unspecified atom stereocenters. The Morgan fingerprint density at radius 2 is 1.06 bits per heavy atom. The largest absolute Gasteiger partial charge is 0.354 e. The van der Waals surface area contributed by atoms with Gasteiger partial charge in [0.15, 0.2) is 0 Å². The van der Waals surface area contributed by atoms with Crippen LogP contribution in [0.1, 0.15) is 25.0 Å². The average molecular weight is 709 g/mol. The van der Waals surface area contributed by atoms with Crippen molar-refractivity contribution in [2.24, 2.45) is 0 Å². The number of nitrogens with zero attached hydrogens (tertiary/aromatic N) is 1. The number of hydrogen-bond acceptors (Lipinski definition) is 2. The van der Waals surface area contributed by atoms with Crippen LogP contribution in [0.25, 0.3) is 75.4 Å². The standard InChI is InChI=1S/C51H36N2S/c1-51(2)44-22-8-6-15-36(44)37-30-29-35(31-45(37)51)53(34-27-25-33(26-28-34)32-13-4-3-5-14-32)47-24-12-21-43-42-20-11-19-41(49(42)54-50(43)47)40-18-10-17-39-38-16-7-9-23-46(38)52-48(39)40/h3-31,52H,1-2H3. The van der Waals surface area contributed by atoms with Crippen LogP contribution in [0.4, 0.5) is 17.1 Å². The van der Waals surface area contributed by atoms with Gasteiger partial charge in [0.2, 0.25) is 0 Å². The number of nitrogens with one attached hydrogen (secondary N) is 1. The minimum Gasteiger partial charge on any atom is -0.354 e. The molecule has 1 aliphatic rings. The van der Waals surface area contributed by atoms with Crippen molar-refractivity contribution in [3.05, 3.63) is 187 Å². The first-order valence-electron chi connectivity index (χ1n) is 18.7. The fourth-order valence-electron chi connectivity index (χ4n) is 8.98. The molecule has 0 aliphatic heterocycles. The van der Waals surface area contributed by atoms with Crippen molar-refractivity contribution < 1.29 is 0 Å². The first-order chi connectivity index (χ1) is 26.5.